The fourth-order valence-corrected chi connectivity index (χ4v) is 6.22. The summed E-state index contributed by atoms with van der Waals surface area (Å²) in [5.74, 6) is -0.854. The van der Waals surface area contributed by atoms with E-state index in [0.717, 1.165) is 12.8 Å². The second-order valence-electron chi connectivity index (χ2n) is 9.30. The van der Waals surface area contributed by atoms with Gasteiger partial charge in [-0.15, -0.1) is 0 Å². The predicted octanol–water partition coefficient (Wildman–Crippen LogP) is 3.11. The lowest BCUT2D eigenvalue weighted by Crippen LogP contribution is -2.53. The molecule has 30 heavy (non-hydrogen) atoms. The van der Waals surface area contributed by atoms with Crippen LogP contribution < -0.4 is 4.90 Å². The number of rotatable bonds is 2. The van der Waals surface area contributed by atoms with E-state index < -0.39 is 18.1 Å². The average molecular weight is 410 g/mol. The minimum Gasteiger partial charge on any atom is -0.493 e. The number of anilines is 1. The van der Waals surface area contributed by atoms with E-state index in [2.05, 4.69) is 47.4 Å². The number of aryl methyl sites for hydroxylation is 2. The fourth-order valence-electron chi connectivity index (χ4n) is 6.22. The number of hydrogen-bond donors (Lipinski definition) is 3. The first-order chi connectivity index (χ1) is 14.4. The van der Waals surface area contributed by atoms with Crippen molar-refractivity contribution in [3.63, 3.8) is 0 Å². The van der Waals surface area contributed by atoms with Crippen LogP contribution in [0, 0.1) is 12.8 Å². The Morgan fingerprint density at radius 2 is 1.73 bits per heavy atom. The highest BCUT2D eigenvalue weighted by Crippen LogP contribution is 2.56. The molecule has 2 unspecified atom stereocenters. The van der Waals surface area contributed by atoms with Gasteiger partial charge in [0.2, 0.25) is 5.88 Å². The molecule has 3 N–H and O–H groups in total. The summed E-state index contributed by atoms with van der Waals surface area (Å²) in [6, 6.07) is 8.60. The van der Waals surface area contributed by atoms with Crippen molar-refractivity contribution in [2.24, 2.45) is 13.0 Å². The molecule has 2 fully saturated rings. The highest BCUT2D eigenvalue weighted by molar-refractivity contribution is 5.70. The van der Waals surface area contributed by atoms with E-state index in [0.29, 0.717) is 11.3 Å². The number of aliphatic hydroxyl groups is 2. The van der Waals surface area contributed by atoms with Gasteiger partial charge in [-0.3, -0.25) is 0 Å². The predicted molar refractivity (Wildman–Crippen MR) is 116 cm³/mol. The lowest BCUT2D eigenvalue weighted by Gasteiger charge is -2.46. The Hall–Kier alpha value is -2.31. The van der Waals surface area contributed by atoms with Crippen molar-refractivity contribution in [1.29, 1.82) is 0 Å². The van der Waals surface area contributed by atoms with Crippen LogP contribution in [0.2, 0.25) is 0 Å². The highest BCUT2D eigenvalue weighted by atomic mass is 16.3. The number of allylic oxidation sites excluding steroid dienone is 1. The van der Waals surface area contributed by atoms with Gasteiger partial charge in [0, 0.05) is 48.3 Å². The Bertz CT molecular complexity index is 995. The number of nitrogens with zero attached hydrogens (tertiary/aromatic N) is 3. The molecular weight excluding hydrogens is 378 g/mol. The number of aliphatic hydroxyl groups excluding tert-OH is 2. The van der Waals surface area contributed by atoms with Crippen molar-refractivity contribution in [2.75, 3.05) is 11.9 Å². The summed E-state index contributed by atoms with van der Waals surface area (Å²) < 4.78 is 1.40. The second kappa shape index (κ2) is 6.86. The molecule has 1 spiro atoms. The first-order valence-corrected chi connectivity index (χ1v) is 11.0. The molecule has 160 valence electrons. The quantitative estimate of drug-likeness (QED) is 0.710. The minimum atomic E-state index is -0.751. The van der Waals surface area contributed by atoms with Gasteiger partial charge in [-0.05, 0) is 31.4 Å². The van der Waals surface area contributed by atoms with Gasteiger partial charge in [0.25, 0.3) is 0 Å². The molecule has 3 aliphatic rings. The van der Waals surface area contributed by atoms with E-state index in [1.165, 1.54) is 40.9 Å². The number of likely N-dealkylation sites (N-methyl/N-ethyl adjacent to an activating group) is 1. The van der Waals surface area contributed by atoms with Crippen LogP contribution in [-0.4, -0.2) is 44.4 Å². The zero-order chi connectivity index (χ0) is 21.2. The van der Waals surface area contributed by atoms with E-state index >= 15 is 0 Å². The SMILES string of the molecule is Cc1nn(C)c(O)c1C1C(O)C(C=C2N(C)c3ccccc3C23CCCCC3)C1O. The Balaban J connectivity index is 1.52. The van der Waals surface area contributed by atoms with Crippen molar-refractivity contribution in [1.82, 2.24) is 9.78 Å². The zero-order valence-electron chi connectivity index (χ0n) is 17.9. The summed E-state index contributed by atoms with van der Waals surface area (Å²) in [4.78, 5) is 2.25. The number of para-hydroxylation sites is 1. The second-order valence-corrected chi connectivity index (χ2v) is 9.30. The lowest BCUT2D eigenvalue weighted by atomic mass is 9.63. The molecule has 6 heteroatoms. The highest BCUT2D eigenvalue weighted by Gasteiger charge is 2.53. The van der Waals surface area contributed by atoms with Crippen molar-refractivity contribution in [2.45, 2.75) is 62.6 Å². The van der Waals surface area contributed by atoms with Gasteiger partial charge in [-0.25, -0.2) is 4.68 Å². The summed E-state index contributed by atoms with van der Waals surface area (Å²) >= 11 is 0. The molecule has 0 amide bonds. The molecule has 1 aromatic carbocycles. The van der Waals surface area contributed by atoms with Gasteiger partial charge in [0.05, 0.1) is 17.9 Å². The van der Waals surface area contributed by atoms with Crippen molar-refractivity contribution in [3.05, 3.63) is 52.9 Å². The van der Waals surface area contributed by atoms with Crippen LogP contribution >= 0.6 is 0 Å². The molecule has 1 aromatic heterocycles. The molecule has 2 atom stereocenters. The Kier molecular flexibility index (Phi) is 4.49. The minimum absolute atomic E-state index is 0.0239. The summed E-state index contributed by atoms with van der Waals surface area (Å²) in [5.41, 5.74) is 4.99. The monoisotopic (exact) mass is 409 g/mol. The largest absolute Gasteiger partial charge is 0.493 e. The van der Waals surface area contributed by atoms with Crippen molar-refractivity contribution >= 4 is 5.69 Å². The molecule has 2 aliphatic carbocycles. The van der Waals surface area contributed by atoms with Crippen LogP contribution in [0.25, 0.3) is 0 Å². The molecule has 6 nitrogen and oxygen atoms in total. The van der Waals surface area contributed by atoms with Gasteiger partial charge in [-0.2, -0.15) is 5.10 Å². The first kappa shape index (κ1) is 19.6. The summed E-state index contributed by atoms with van der Waals surface area (Å²) in [7, 11) is 3.76. The maximum absolute atomic E-state index is 11.0. The molecule has 2 aromatic rings. The molecule has 2 heterocycles. The maximum Gasteiger partial charge on any atom is 0.213 e. The third-order valence-corrected chi connectivity index (χ3v) is 7.79. The number of aromatic nitrogens is 2. The van der Waals surface area contributed by atoms with Gasteiger partial charge in [-0.1, -0.05) is 43.5 Å². The lowest BCUT2D eigenvalue weighted by molar-refractivity contribution is -0.0956. The Morgan fingerprint density at radius 1 is 1.07 bits per heavy atom. The topological polar surface area (TPSA) is 81.8 Å². The average Bonchev–Trinajstić information content (AvgIpc) is 3.12. The molecule has 0 saturated heterocycles. The van der Waals surface area contributed by atoms with Crippen molar-refractivity contribution in [3.8, 4) is 5.88 Å². The molecule has 0 radical (unpaired) electrons. The Labute approximate surface area is 177 Å². The summed E-state index contributed by atoms with van der Waals surface area (Å²) in [5, 5.41) is 36.7. The zero-order valence-corrected chi connectivity index (χ0v) is 17.9. The third-order valence-electron chi connectivity index (χ3n) is 7.79. The fraction of sp³-hybridized carbons (Fsp3) is 0.542. The van der Waals surface area contributed by atoms with Crippen LogP contribution in [-0.2, 0) is 12.5 Å². The maximum atomic E-state index is 11.0. The normalized spacial score (nSPS) is 31.2. The molecule has 0 bridgehead atoms. The van der Waals surface area contributed by atoms with Crippen molar-refractivity contribution < 1.29 is 15.3 Å². The van der Waals surface area contributed by atoms with Gasteiger partial charge >= 0.3 is 0 Å². The van der Waals surface area contributed by atoms with Crippen LogP contribution in [0.3, 0.4) is 0 Å². The standard InChI is InChI=1S/C24H31N3O3/c1-14-19(23(30)27(3)25-14)20-21(28)15(22(20)29)13-18-24(11-7-4-8-12-24)16-9-5-6-10-17(16)26(18)2/h5-6,9-10,13,15,20-22,28-30H,4,7-8,11-12H2,1-3H3. The van der Waals surface area contributed by atoms with Crippen LogP contribution in [0.4, 0.5) is 5.69 Å². The van der Waals surface area contributed by atoms with Gasteiger partial charge in [0.1, 0.15) is 0 Å². The van der Waals surface area contributed by atoms with E-state index in [1.807, 2.05) is 0 Å². The van der Waals surface area contributed by atoms with Crippen LogP contribution in [0.5, 0.6) is 5.88 Å². The summed E-state index contributed by atoms with van der Waals surface area (Å²) in [6.45, 7) is 1.80. The molecule has 5 rings (SSSR count). The van der Waals surface area contributed by atoms with Crippen LogP contribution in [0.1, 0.15) is 54.8 Å². The number of aromatic hydroxyl groups is 1. The third kappa shape index (κ3) is 2.53. The number of benzene rings is 1. The smallest absolute Gasteiger partial charge is 0.213 e. The van der Waals surface area contributed by atoms with Gasteiger partial charge < -0.3 is 20.2 Å². The van der Waals surface area contributed by atoms with Gasteiger partial charge in [0.15, 0.2) is 0 Å². The molecular formula is C24H31N3O3. The molecule has 1 aliphatic heterocycles. The molecule has 2 saturated carbocycles. The first-order valence-electron chi connectivity index (χ1n) is 11.0. The van der Waals surface area contributed by atoms with E-state index in [4.69, 9.17) is 0 Å². The number of hydrogen-bond acceptors (Lipinski definition) is 5. The summed E-state index contributed by atoms with van der Waals surface area (Å²) in [6.07, 6.45) is 6.47. The van der Waals surface area contributed by atoms with E-state index in [1.54, 1.807) is 14.0 Å². The van der Waals surface area contributed by atoms with Crippen LogP contribution in [0.15, 0.2) is 36.0 Å². The number of fused-ring (bicyclic) bond motifs is 2. The Morgan fingerprint density at radius 3 is 2.37 bits per heavy atom. The van der Waals surface area contributed by atoms with E-state index in [9.17, 15) is 15.3 Å². The van der Waals surface area contributed by atoms with E-state index in [-0.39, 0.29) is 17.2 Å².